The van der Waals surface area contributed by atoms with Crippen LogP contribution in [0.4, 0.5) is 11.4 Å². The number of anilines is 2. The van der Waals surface area contributed by atoms with Crippen LogP contribution in [0.5, 0.6) is 11.5 Å². The van der Waals surface area contributed by atoms with Gasteiger partial charge in [0.1, 0.15) is 6.54 Å². The molecule has 9 heteroatoms. The molecule has 2 aromatic rings. The van der Waals surface area contributed by atoms with Gasteiger partial charge in [-0.1, -0.05) is 18.2 Å². The van der Waals surface area contributed by atoms with Gasteiger partial charge in [-0.25, -0.2) is 0 Å². The van der Waals surface area contributed by atoms with Gasteiger partial charge in [0.2, 0.25) is 5.91 Å². The lowest BCUT2D eigenvalue weighted by atomic mass is 10.1. The van der Waals surface area contributed by atoms with Crippen LogP contribution < -0.4 is 25.0 Å². The van der Waals surface area contributed by atoms with Crippen molar-refractivity contribution in [2.45, 2.75) is 26.7 Å². The summed E-state index contributed by atoms with van der Waals surface area (Å²) in [6.45, 7) is 5.13. The molecule has 0 radical (unpaired) electrons. The minimum Gasteiger partial charge on any atom is -0.490 e. The largest absolute Gasteiger partial charge is 0.490 e. The summed E-state index contributed by atoms with van der Waals surface area (Å²) in [5, 5.41) is 5.97. The Balaban J connectivity index is 1.64. The minimum absolute atomic E-state index is 0.0809. The number of para-hydroxylation sites is 2. The third kappa shape index (κ3) is 6.99. The average Bonchev–Trinajstić information content (AvgIpc) is 2.96. The molecule has 3 rings (SSSR count). The third-order valence-corrected chi connectivity index (χ3v) is 5.26. The zero-order valence-corrected chi connectivity index (χ0v) is 20.3. The highest BCUT2D eigenvalue weighted by Gasteiger charge is 2.24. The number of amides is 2. The van der Waals surface area contributed by atoms with Crippen molar-refractivity contribution < 1.29 is 28.6 Å². The topological polar surface area (TPSA) is 106 Å². The van der Waals surface area contributed by atoms with E-state index < -0.39 is 11.9 Å². The van der Waals surface area contributed by atoms with Crippen LogP contribution in [0.15, 0.2) is 54.2 Å². The van der Waals surface area contributed by atoms with Gasteiger partial charge in [0.15, 0.2) is 11.5 Å². The Kier molecular flexibility index (Phi) is 9.11. The quantitative estimate of drug-likeness (QED) is 0.475. The predicted molar refractivity (Wildman–Crippen MR) is 133 cm³/mol. The van der Waals surface area contributed by atoms with Crippen molar-refractivity contribution in [2.24, 2.45) is 0 Å². The van der Waals surface area contributed by atoms with Crippen LogP contribution in [0.1, 0.15) is 25.8 Å². The first-order valence-corrected chi connectivity index (χ1v) is 11.5. The first-order valence-electron chi connectivity index (χ1n) is 11.5. The van der Waals surface area contributed by atoms with Crippen LogP contribution in [-0.4, -0.2) is 51.2 Å². The highest BCUT2D eigenvalue weighted by molar-refractivity contribution is 6.09. The van der Waals surface area contributed by atoms with E-state index in [-0.39, 0.29) is 18.9 Å². The molecular weight excluding hydrogens is 450 g/mol. The van der Waals surface area contributed by atoms with Gasteiger partial charge in [-0.2, -0.15) is 0 Å². The lowest BCUT2D eigenvalue weighted by Gasteiger charge is -2.21. The fourth-order valence-corrected chi connectivity index (χ4v) is 3.65. The van der Waals surface area contributed by atoms with Crippen LogP contribution in [0.2, 0.25) is 0 Å². The Morgan fingerprint density at radius 3 is 2.51 bits per heavy atom. The molecule has 1 aliphatic rings. The fraction of sp³-hybridized carbons (Fsp3) is 0.346. The Labute approximate surface area is 205 Å². The second-order valence-electron chi connectivity index (χ2n) is 7.74. The lowest BCUT2D eigenvalue weighted by Crippen LogP contribution is -2.40. The molecule has 0 atom stereocenters. The molecule has 0 unspecified atom stereocenters. The molecule has 1 aliphatic heterocycles. The van der Waals surface area contributed by atoms with Crippen LogP contribution >= 0.6 is 0 Å². The first-order chi connectivity index (χ1) is 16.9. The van der Waals surface area contributed by atoms with E-state index in [1.165, 1.54) is 18.1 Å². The summed E-state index contributed by atoms with van der Waals surface area (Å²) in [4.78, 5) is 38.7. The number of carbonyl (C=O) groups is 3. The maximum Gasteiger partial charge on any atom is 0.311 e. The number of esters is 1. The summed E-state index contributed by atoms with van der Waals surface area (Å²) in [5.41, 5.74) is 2.57. The predicted octanol–water partition coefficient (Wildman–Crippen LogP) is 3.05. The van der Waals surface area contributed by atoms with Crippen LogP contribution in [0, 0.1) is 0 Å². The molecule has 35 heavy (non-hydrogen) atoms. The number of benzene rings is 2. The van der Waals surface area contributed by atoms with Crippen LogP contribution in [0.3, 0.4) is 0 Å². The molecule has 0 aromatic heterocycles. The third-order valence-electron chi connectivity index (χ3n) is 5.26. The second-order valence-corrected chi connectivity index (χ2v) is 7.74. The highest BCUT2D eigenvalue weighted by atomic mass is 16.5. The Morgan fingerprint density at radius 2 is 1.77 bits per heavy atom. The number of ether oxygens (including phenoxy) is 3. The Hall–Kier alpha value is -4.01. The molecule has 2 aromatic carbocycles. The average molecular weight is 482 g/mol. The van der Waals surface area contributed by atoms with E-state index in [0.29, 0.717) is 54.8 Å². The van der Waals surface area contributed by atoms with Gasteiger partial charge in [0.05, 0.1) is 38.1 Å². The summed E-state index contributed by atoms with van der Waals surface area (Å²) >= 11 is 0. The second kappa shape index (κ2) is 12.5. The number of nitrogens with zero attached hydrogens (tertiary/aromatic N) is 1. The number of rotatable bonds is 11. The van der Waals surface area contributed by atoms with Crippen molar-refractivity contribution in [2.75, 3.05) is 43.6 Å². The molecule has 0 aliphatic carbocycles. The number of nitrogens with one attached hydrogen (secondary N) is 2. The van der Waals surface area contributed by atoms with E-state index >= 15 is 0 Å². The molecule has 0 saturated carbocycles. The van der Waals surface area contributed by atoms with Gasteiger partial charge in [0, 0.05) is 18.3 Å². The molecule has 0 saturated heterocycles. The van der Waals surface area contributed by atoms with Crippen molar-refractivity contribution in [1.82, 2.24) is 5.32 Å². The summed E-state index contributed by atoms with van der Waals surface area (Å²) in [7, 11) is 1.29. The van der Waals surface area contributed by atoms with Crippen LogP contribution in [0.25, 0.3) is 0 Å². The van der Waals surface area contributed by atoms with Gasteiger partial charge in [-0.3, -0.25) is 19.3 Å². The normalized spacial score (nSPS) is 12.6. The van der Waals surface area contributed by atoms with Crippen LogP contribution in [-0.2, 0) is 25.5 Å². The number of hydrogen-bond acceptors (Lipinski definition) is 7. The maximum atomic E-state index is 12.9. The van der Waals surface area contributed by atoms with Gasteiger partial charge in [-0.05, 0) is 50.1 Å². The summed E-state index contributed by atoms with van der Waals surface area (Å²) in [5.74, 6) is 0.195. The molecule has 186 valence electrons. The highest BCUT2D eigenvalue weighted by Crippen LogP contribution is 2.31. The zero-order valence-electron chi connectivity index (χ0n) is 20.3. The molecular formula is C26H31N3O6. The molecule has 1 heterocycles. The lowest BCUT2D eigenvalue weighted by molar-refractivity contribution is -0.139. The maximum absolute atomic E-state index is 12.9. The van der Waals surface area contributed by atoms with Gasteiger partial charge in [0.25, 0.3) is 5.91 Å². The van der Waals surface area contributed by atoms with E-state index in [1.54, 1.807) is 18.2 Å². The van der Waals surface area contributed by atoms with Crippen molar-refractivity contribution in [3.05, 3.63) is 59.8 Å². The number of carbonyl (C=O) groups excluding carboxylic acids is 3. The minimum atomic E-state index is -0.470. The molecule has 2 N–H and O–H groups in total. The Morgan fingerprint density at radius 1 is 1.03 bits per heavy atom. The molecule has 2 amide bonds. The number of methoxy groups -OCH3 is 1. The standard InChI is InChI=1S/C26H31N3O6/c1-4-34-22-11-10-18(14-23(22)35-5-2)12-13-27-24(30)17-29-21-9-7-6-8-20(21)28-19(15-25(29)31)16-26(32)33-3/h6-11,14-15,28H,4-5,12-13,16-17H2,1-3H3,(H,27,30). The van der Waals surface area contributed by atoms with Crippen molar-refractivity contribution in [3.63, 3.8) is 0 Å². The molecule has 0 fully saturated rings. The van der Waals surface area contributed by atoms with Crippen molar-refractivity contribution >= 4 is 29.2 Å². The van der Waals surface area contributed by atoms with E-state index in [4.69, 9.17) is 14.2 Å². The fourth-order valence-electron chi connectivity index (χ4n) is 3.65. The summed E-state index contributed by atoms with van der Waals surface area (Å²) < 4.78 is 16.0. The molecule has 9 nitrogen and oxygen atoms in total. The van der Waals surface area contributed by atoms with Gasteiger partial charge >= 0.3 is 5.97 Å². The van der Waals surface area contributed by atoms with E-state index in [1.807, 2.05) is 38.1 Å². The number of hydrogen-bond donors (Lipinski definition) is 2. The van der Waals surface area contributed by atoms with Crippen molar-refractivity contribution in [1.29, 1.82) is 0 Å². The first kappa shape index (κ1) is 25.6. The van der Waals surface area contributed by atoms with Gasteiger partial charge < -0.3 is 24.8 Å². The number of fused-ring (bicyclic) bond motifs is 1. The van der Waals surface area contributed by atoms with E-state index in [0.717, 1.165) is 5.56 Å². The monoisotopic (exact) mass is 481 g/mol. The van der Waals surface area contributed by atoms with Crippen molar-refractivity contribution in [3.8, 4) is 11.5 Å². The van der Waals surface area contributed by atoms with Gasteiger partial charge in [-0.15, -0.1) is 0 Å². The summed E-state index contributed by atoms with van der Waals surface area (Å²) in [6.07, 6.45) is 1.83. The van der Waals surface area contributed by atoms with E-state index in [9.17, 15) is 14.4 Å². The van der Waals surface area contributed by atoms with E-state index in [2.05, 4.69) is 10.6 Å². The zero-order chi connectivity index (χ0) is 25.2. The SMILES string of the molecule is CCOc1ccc(CCNC(=O)CN2C(=O)C=C(CC(=O)OC)Nc3ccccc32)cc1OCC. The smallest absolute Gasteiger partial charge is 0.311 e. The molecule has 0 bridgehead atoms. The molecule has 0 spiro atoms. The Bertz CT molecular complexity index is 1100. The summed E-state index contributed by atoms with van der Waals surface area (Å²) in [6, 6.07) is 12.8.